The van der Waals surface area contributed by atoms with E-state index in [1.807, 2.05) is 6.92 Å². The number of carbonyl (C=O) groups excluding carboxylic acids is 1. The van der Waals surface area contributed by atoms with Crippen LogP contribution in [0.1, 0.15) is 30.8 Å². The summed E-state index contributed by atoms with van der Waals surface area (Å²) < 4.78 is 0. The number of likely N-dealkylation sites (N-methyl/N-ethyl adjacent to an activating group) is 1. The van der Waals surface area contributed by atoms with Crippen LogP contribution >= 0.6 is 36.2 Å². The highest BCUT2D eigenvalue weighted by atomic mass is 35.5. The van der Waals surface area contributed by atoms with Crippen LogP contribution in [0.15, 0.2) is 5.51 Å². The summed E-state index contributed by atoms with van der Waals surface area (Å²) in [7, 11) is 1.79. The molecule has 0 saturated heterocycles. The van der Waals surface area contributed by atoms with Gasteiger partial charge >= 0.3 is 0 Å². The third-order valence-corrected chi connectivity index (χ3v) is 3.56. The van der Waals surface area contributed by atoms with E-state index in [0.717, 1.165) is 17.0 Å². The first-order valence-electron chi connectivity index (χ1n) is 5.81. The predicted octanol–water partition coefficient (Wildman–Crippen LogP) is 2.63. The number of hydrogen-bond acceptors (Lipinski definition) is 4. The topological polar surface area (TPSA) is 59.2 Å². The van der Waals surface area contributed by atoms with Gasteiger partial charge in [0.15, 0.2) is 0 Å². The molecule has 7 heteroatoms. The van der Waals surface area contributed by atoms with E-state index in [-0.39, 0.29) is 30.7 Å². The lowest BCUT2D eigenvalue weighted by Gasteiger charge is -2.22. The van der Waals surface area contributed by atoms with Gasteiger partial charge in [-0.1, -0.05) is 13.8 Å². The van der Waals surface area contributed by atoms with Crippen LogP contribution < -0.4 is 5.73 Å². The SMILES string of the molecule is Cc1ncsc1CN(C)C(=O)[C@@H](N)CC(C)C.Cl.Cl. The number of thiazole rings is 1. The zero-order valence-corrected chi connectivity index (χ0v) is 14.2. The molecular weight excluding hydrogens is 305 g/mol. The van der Waals surface area contributed by atoms with E-state index in [4.69, 9.17) is 5.73 Å². The first kappa shape index (κ1) is 20.9. The van der Waals surface area contributed by atoms with Gasteiger partial charge in [-0.2, -0.15) is 0 Å². The first-order valence-corrected chi connectivity index (χ1v) is 6.69. The van der Waals surface area contributed by atoms with Crippen LogP contribution in [0, 0.1) is 12.8 Å². The smallest absolute Gasteiger partial charge is 0.239 e. The number of amides is 1. The highest BCUT2D eigenvalue weighted by Gasteiger charge is 2.19. The van der Waals surface area contributed by atoms with Gasteiger partial charge in [0.25, 0.3) is 0 Å². The summed E-state index contributed by atoms with van der Waals surface area (Å²) in [5.41, 5.74) is 8.68. The van der Waals surface area contributed by atoms with Crippen LogP contribution in [0.5, 0.6) is 0 Å². The van der Waals surface area contributed by atoms with Crippen LogP contribution in [-0.2, 0) is 11.3 Å². The molecule has 2 N–H and O–H groups in total. The molecule has 1 aromatic heterocycles. The molecule has 0 saturated carbocycles. The van der Waals surface area contributed by atoms with Gasteiger partial charge in [-0.3, -0.25) is 4.79 Å². The molecule has 0 bridgehead atoms. The summed E-state index contributed by atoms with van der Waals surface area (Å²) in [6.45, 7) is 6.69. The second-order valence-corrected chi connectivity index (χ2v) is 5.73. The summed E-state index contributed by atoms with van der Waals surface area (Å²) in [6, 6.07) is -0.395. The highest BCUT2D eigenvalue weighted by Crippen LogP contribution is 2.15. The monoisotopic (exact) mass is 327 g/mol. The van der Waals surface area contributed by atoms with Crippen molar-refractivity contribution in [3.05, 3.63) is 16.1 Å². The molecule has 0 aliphatic rings. The van der Waals surface area contributed by atoms with E-state index in [1.165, 1.54) is 0 Å². The second-order valence-electron chi connectivity index (χ2n) is 4.79. The summed E-state index contributed by atoms with van der Waals surface area (Å²) in [5, 5.41) is 0. The third-order valence-electron chi connectivity index (χ3n) is 2.64. The Hall–Kier alpha value is -0.360. The Balaban J connectivity index is 0. The van der Waals surface area contributed by atoms with Gasteiger partial charge in [-0.05, 0) is 19.3 Å². The molecule has 0 fully saturated rings. The quantitative estimate of drug-likeness (QED) is 0.904. The molecule has 1 aromatic rings. The first-order chi connectivity index (χ1) is 7.91. The van der Waals surface area contributed by atoms with E-state index >= 15 is 0 Å². The normalized spacial score (nSPS) is 11.5. The van der Waals surface area contributed by atoms with E-state index in [1.54, 1.807) is 28.8 Å². The Bertz CT molecular complexity index is 385. The minimum atomic E-state index is -0.395. The Morgan fingerprint density at radius 2 is 2.05 bits per heavy atom. The van der Waals surface area contributed by atoms with E-state index in [0.29, 0.717) is 12.5 Å². The minimum Gasteiger partial charge on any atom is -0.339 e. The summed E-state index contributed by atoms with van der Waals surface area (Å²) >= 11 is 1.58. The lowest BCUT2D eigenvalue weighted by atomic mass is 10.0. The molecule has 0 aromatic carbocycles. The van der Waals surface area contributed by atoms with Gasteiger partial charge in [0.05, 0.1) is 23.8 Å². The maximum absolute atomic E-state index is 12.0. The fourth-order valence-corrected chi connectivity index (χ4v) is 2.49. The number of hydrogen-bond donors (Lipinski definition) is 1. The van der Waals surface area contributed by atoms with Gasteiger partial charge in [-0.25, -0.2) is 4.98 Å². The number of nitrogens with zero attached hydrogens (tertiary/aromatic N) is 2. The summed E-state index contributed by atoms with van der Waals surface area (Å²) in [6.07, 6.45) is 0.727. The molecule has 0 aliphatic carbocycles. The molecule has 112 valence electrons. The Morgan fingerprint density at radius 1 is 1.47 bits per heavy atom. The maximum Gasteiger partial charge on any atom is 0.239 e. The average molecular weight is 328 g/mol. The number of rotatable bonds is 5. The summed E-state index contributed by atoms with van der Waals surface area (Å²) in [4.78, 5) is 19.0. The molecule has 1 rings (SSSR count). The molecule has 1 heterocycles. The van der Waals surface area contributed by atoms with Crippen molar-refractivity contribution in [1.29, 1.82) is 0 Å². The van der Waals surface area contributed by atoms with Crippen molar-refractivity contribution in [2.75, 3.05) is 7.05 Å². The predicted molar refractivity (Wildman–Crippen MR) is 85.3 cm³/mol. The van der Waals surface area contributed by atoms with Crippen molar-refractivity contribution in [2.45, 2.75) is 39.8 Å². The van der Waals surface area contributed by atoms with Gasteiger partial charge < -0.3 is 10.6 Å². The molecule has 0 spiro atoms. The molecule has 0 radical (unpaired) electrons. The van der Waals surface area contributed by atoms with Gasteiger partial charge in [-0.15, -0.1) is 36.2 Å². The van der Waals surface area contributed by atoms with Crippen molar-refractivity contribution < 1.29 is 4.79 Å². The number of nitrogens with two attached hydrogens (primary N) is 1. The average Bonchev–Trinajstić information content (AvgIpc) is 2.62. The van der Waals surface area contributed by atoms with Crippen molar-refractivity contribution >= 4 is 42.1 Å². The largest absolute Gasteiger partial charge is 0.339 e. The van der Waals surface area contributed by atoms with Crippen molar-refractivity contribution in [1.82, 2.24) is 9.88 Å². The van der Waals surface area contributed by atoms with Crippen LogP contribution in [-0.4, -0.2) is 28.9 Å². The van der Waals surface area contributed by atoms with Crippen LogP contribution in [0.2, 0.25) is 0 Å². The van der Waals surface area contributed by atoms with Gasteiger partial charge in [0.1, 0.15) is 0 Å². The highest BCUT2D eigenvalue weighted by molar-refractivity contribution is 7.09. The molecule has 1 atom stereocenters. The number of aryl methyl sites for hydroxylation is 1. The Morgan fingerprint density at radius 3 is 2.47 bits per heavy atom. The van der Waals surface area contributed by atoms with Gasteiger partial charge in [0, 0.05) is 11.9 Å². The Kier molecular flexibility index (Phi) is 10.5. The molecule has 0 unspecified atom stereocenters. The lowest BCUT2D eigenvalue weighted by molar-refractivity contribution is -0.132. The third kappa shape index (κ3) is 6.56. The molecule has 4 nitrogen and oxygen atoms in total. The zero-order chi connectivity index (χ0) is 13.0. The lowest BCUT2D eigenvalue weighted by Crippen LogP contribution is -2.42. The van der Waals surface area contributed by atoms with Crippen LogP contribution in [0.3, 0.4) is 0 Å². The molecular formula is C12H23Cl2N3OS. The molecule has 0 aliphatic heterocycles. The second kappa shape index (κ2) is 9.53. The standard InChI is InChI=1S/C12H21N3OS.2ClH/c1-8(2)5-10(13)12(16)15(4)6-11-9(3)14-7-17-11;;/h7-8,10H,5-6,13H2,1-4H3;2*1H/t10-;;/m0../s1. The summed E-state index contributed by atoms with van der Waals surface area (Å²) in [5.74, 6) is 0.444. The zero-order valence-electron chi connectivity index (χ0n) is 11.8. The van der Waals surface area contributed by atoms with E-state index < -0.39 is 6.04 Å². The van der Waals surface area contributed by atoms with Crippen molar-refractivity contribution in [3.63, 3.8) is 0 Å². The Labute approximate surface area is 131 Å². The molecule has 1 amide bonds. The minimum absolute atomic E-state index is 0. The van der Waals surface area contributed by atoms with Crippen molar-refractivity contribution in [2.24, 2.45) is 11.7 Å². The van der Waals surface area contributed by atoms with Crippen molar-refractivity contribution in [3.8, 4) is 0 Å². The van der Waals surface area contributed by atoms with E-state index in [2.05, 4.69) is 18.8 Å². The molecule has 19 heavy (non-hydrogen) atoms. The van der Waals surface area contributed by atoms with Crippen LogP contribution in [0.4, 0.5) is 0 Å². The maximum atomic E-state index is 12.0. The van der Waals surface area contributed by atoms with E-state index in [9.17, 15) is 4.79 Å². The van der Waals surface area contributed by atoms with Gasteiger partial charge in [0.2, 0.25) is 5.91 Å². The van der Waals surface area contributed by atoms with Crippen LogP contribution in [0.25, 0.3) is 0 Å². The number of aromatic nitrogens is 1. The fraction of sp³-hybridized carbons (Fsp3) is 0.667. The fourth-order valence-electron chi connectivity index (χ4n) is 1.66. The number of carbonyl (C=O) groups is 1. The number of halogens is 2.